The lowest BCUT2D eigenvalue weighted by molar-refractivity contribution is -0.137. The van der Waals surface area contributed by atoms with Gasteiger partial charge in [-0.3, -0.25) is 4.79 Å². The number of hydrogen-bond acceptors (Lipinski definition) is 1. The van der Waals surface area contributed by atoms with Crippen LogP contribution < -0.4 is 0 Å². The van der Waals surface area contributed by atoms with E-state index in [1.54, 1.807) is 0 Å². The van der Waals surface area contributed by atoms with Crippen LogP contribution in [0, 0.1) is 17.8 Å². The lowest BCUT2D eigenvalue weighted by atomic mass is 10.0. The van der Waals surface area contributed by atoms with Gasteiger partial charge in [-0.05, 0) is 38.0 Å². The topological polar surface area (TPSA) is 20.3 Å². The Bertz CT molecular complexity index is 231. The van der Waals surface area contributed by atoms with E-state index in [9.17, 15) is 4.79 Å². The number of carbonyl (C=O) groups excluding carboxylic acids is 1. The van der Waals surface area contributed by atoms with Crippen LogP contribution in [0.15, 0.2) is 0 Å². The normalized spacial score (nSPS) is 17.9. The van der Waals surface area contributed by atoms with Crippen molar-refractivity contribution in [1.29, 1.82) is 0 Å². The van der Waals surface area contributed by atoms with Gasteiger partial charge in [-0.2, -0.15) is 0 Å². The van der Waals surface area contributed by atoms with Crippen molar-refractivity contribution in [2.75, 3.05) is 6.54 Å². The quantitative estimate of drug-likeness (QED) is 0.679. The molecule has 1 aliphatic rings. The molecule has 0 bridgehead atoms. The molecule has 2 nitrogen and oxygen atoms in total. The molecule has 0 aromatic heterocycles. The zero-order valence-corrected chi connectivity index (χ0v) is 11.5. The van der Waals surface area contributed by atoms with E-state index in [1.165, 1.54) is 12.8 Å². The van der Waals surface area contributed by atoms with Gasteiger partial charge in [0, 0.05) is 18.5 Å². The molecule has 1 rings (SSSR count). The maximum absolute atomic E-state index is 12.2. The standard InChI is InChI=1S/C14H27NO/c1-10(2)8-12(5)15(9-13-6-7-13)14(16)11(3)4/h10-13H,6-9H2,1-5H3/t12-/m1/s1. The first-order valence-electron chi connectivity index (χ1n) is 6.72. The van der Waals surface area contributed by atoms with E-state index in [0.29, 0.717) is 17.9 Å². The monoisotopic (exact) mass is 225 g/mol. The van der Waals surface area contributed by atoms with Crippen molar-refractivity contribution in [3.8, 4) is 0 Å². The third-order valence-electron chi connectivity index (χ3n) is 3.27. The summed E-state index contributed by atoms with van der Waals surface area (Å²) in [5, 5.41) is 0. The molecule has 0 heterocycles. The van der Waals surface area contributed by atoms with Gasteiger partial charge in [0.15, 0.2) is 0 Å². The number of carbonyl (C=O) groups is 1. The number of hydrogen-bond donors (Lipinski definition) is 0. The van der Waals surface area contributed by atoms with E-state index in [1.807, 2.05) is 13.8 Å². The molecule has 0 N–H and O–H groups in total. The molecule has 1 fully saturated rings. The number of nitrogens with zero attached hydrogens (tertiary/aromatic N) is 1. The van der Waals surface area contributed by atoms with Gasteiger partial charge in [-0.15, -0.1) is 0 Å². The van der Waals surface area contributed by atoms with Crippen LogP contribution in [-0.2, 0) is 4.79 Å². The minimum absolute atomic E-state index is 0.133. The smallest absolute Gasteiger partial charge is 0.225 e. The van der Waals surface area contributed by atoms with Gasteiger partial charge in [-0.25, -0.2) is 0 Å². The highest BCUT2D eigenvalue weighted by Gasteiger charge is 2.30. The Morgan fingerprint density at radius 3 is 2.12 bits per heavy atom. The molecule has 1 atom stereocenters. The first-order valence-corrected chi connectivity index (χ1v) is 6.72. The fraction of sp³-hybridized carbons (Fsp3) is 0.929. The average Bonchev–Trinajstić information content (AvgIpc) is 2.95. The fourth-order valence-electron chi connectivity index (χ4n) is 2.21. The Kier molecular flexibility index (Phi) is 4.82. The highest BCUT2D eigenvalue weighted by molar-refractivity contribution is 5.78. The lowest BCUT2D eigenvalue weighted by Crippen LogP contribution is -2.42. The van der Waals surface area contributed by atoms with E-state index >= 15 is 0 Å². The van der Waals surface area contributed by atoms with Crippen molar-refractivity contribution in [1.82, 2.24) is 4.90 Å². The second-order valence-corrected chi connectivity index (χ2v) is 6.07. The second kappa shape index (κ2) is 5.70. The van der Waals surface area contributed by atoms with Crippen LogP contribution in [0.25, 0.3) is 0 Å². The SMILES string of the molecule is CC(C)C[C@@H](C)N(CC1CC1)C(=O)C(C)C. The predicted octanol–water partition coefficient (Wildman–Crippen LogP) is 3.32. The van der Waals surface area contributed by atoms with Crippen molar-refractivity contribution < 1.29 is 4.79 Å². The Morgan fingerprint density at radius 1 is 1.19 bits per heavy atom. The van der Waals surface area contributed by atoms with Crippen LogP contribution in [0.5, 0.6) is 0 Å². The molecule has 1 saturated carbocycles. The molecular formula is C14H27NO. The molecule has 0 radical (unpaired) electrons. The molecular weight excluding hydrogens is 198 g/mol. The molecule has 0 unspecified atom stereocenters. The molecule has 16 heavy (non-hydrogen) atoms. The third kappa shape index (κ3) is 4.15. The maximum Gasteiger partial charge on any atom is 0.225 e. The molecule has 1 amide bonds. The number of rotatable bonds is 6. The van der Waals surface area contributed by atoms with Crippen molar-refractivity contribution in [2.45, 2.75) is 59.9 Å². The van der Waals surface area contributed by atoms with E-state index < -0.39 is 0 Å². The summed E-state index contributed by atoms with van der Waals surface area (Å²) in [4.78, 5) is 14.3. The highest BCUT2D eigenvalue weighted by atomic mass is 16.2. The highest BCUT2D eigenvalue weighted by Crippen LogP contribution is 2.31. The van der Waals surface area contributed by atoms with Crippen LogP contribution >= 0.6 is 0 Å². The fourth-order valence-corrected chi connectivity index (χ4v) is 2.21. The van der Waals surface area contributed by atoms with Crippen LogP contribution in [0.1, 0.15) is 53.9 Å². The van der Waals surface area contributed by atoms with Crippen molar-refractivity contribution in [3.05, 3.63) is 0 Å². The summed E-state index contributed by atoms with van der Waals surface area (Å²) < 4.78 is 0. The second-order valence-electron chi connectivity index (χ2n) is 6.07. The van der Waals surface area contributed by atoms with Gasteiger partial charge < -0.3 is 4.90 Å². The molecule has 0 spiro atoms. The zero-order valence-electron chi connectivity index (χ0n) is 11.5. The van der Waals surface area contributed by atoms with E-state index in [4.69, 9.17) is 0 Å². The predicted molar refractivity (Wildman–Crippen MR) is 68.2 cm³/mol. The molecule has 1 aliphatic carbocycles. The summed E-state index contributed by atoms with van der Waals surface area (Å²) in [5.74, 6) is 1.92. The van der Waals surface area contributed by atoms with Crippen molar-refractivity contribution >= 4 is 5.91 Å². The van der Waals surface area contributed by atoms with Gasteiger partial charge in [0.1, 0.15) is 0 Å². The molecule has 0 saturated heterocycles. The van der Waals surface area contributed by atoms with Crippen LogP contribution in [-0.4, -0.2) is 23.4 Å². The van der Waals surface area contributed by atoms with Gasteiger partial charge in [0.2, 0.25) is 5.91 Å². The van der Waals surface area contributed by atoms with Crippen molar-refractivity contribution in [2.24, 2.45) is 17.8 Å². The number of amides is 1. The van der Waals surface area contributed by atoms with Gasteiger partial charge in [0.25, 0.3) is 0 Å². The molecule has 2 heteroatoms. The van der Waals surface area contributed by atoms with Gasteiger partial charge in [0.05, 0.1) is 0 Å². The Hall–Kier alpha value is -0.530. The Morgan fingerprint density at radius 2 is 1.75 bits per heavy atom. The van der Waals surface area contributed by atoms with E-state index in [2.05, 4.69) is 25.7 Å². The summed E-state index contributed by atoms with van der Waals surface area (Å²) in [6.45, 7) is 11.7. The van der Waals surface area contributed by atoms with Crippen LogP contribution in [0.2, 0.25) is 0 Å². The molecule has 0 aliphatic heterocycles. The average molecular weight is 225 g/mol. The lowest BCUT2D eigenvalue weighted by Gasteiger charge is -2.32. The molecule has 94 valence electrons. The first-order chi connectivity index (χ1) is 7.41. The summed E-state index contributed by atoms with van der Waals surface area (Å²) in [6, 6.07) is 0.399. The summed E-state index contributed by atoms with van der Waals surface area (Å²) in [7, 11) is 0. The van der Waals surface area contributed by atoms with E-state index in [0.717, 1.165) is 18.9 Å². The van der Waals surface area contributed by atoms with Gasteiger partial charge in [-0.1, -0.05) is 27.7 Å². The Labute approximate surface area is 100 Å². The largest absolute Gasteiger partial charge is 0.339 e. The summed E-state index contributed by atoms with van der Waals surface area (Å²) in [5.41, 5.74) is 0. The minimum atomic E-state index is 0.133. The molecule has 0 aromatic carbocycles. The summed E-state index contributed by atoms with van der Waals surface area (Å²) in [6.07, 6.45) is 3.75. The first kappa shape index (κ1) is 13.5. The molecule has 0 aromatic rings. The van der Waals surface area contributed by atoms with Gasteiger partial charge >= 0.3 is 0 Å². The summed E-state index contributed by atoms with van der Waals surface area (Å²) >= 11 is 0. The van der Waals surface area contributed by atoms with E-state index in [-0.39, 0.29) is 5.92 Å². The van der Waals surface area contributed by atoms with Crippen LogP contribution in [0.4, 0.5) is 0 Å². The van der Waals surface area contributed by atoms with Crippen molar-refractivity contribution in [3.63, 3.8) is 0 Å². The minimum Gasteiger partial charge on any atom is -0.339 e. The third-order valence-corrected chi connectivity index (χ3v) is 3.27. The van der Waals surface area contributed by atoms with Crippen LogP contribution in [0.3, 0.4) is 0 Å². The Balaban J connectivity index is 2.57. The maximum atomic E-state index is 12.2. The zero-order chi connectivity index (χ0) is 12.3.